The summed E-state index contributed by atoms with van der Waals surface area (Å²) in [5.74, 6) is 0.688. The highest BCUT2D eigenvalue weighted by molar-refractivity contribution is 14.0. The number of benzene rings is 1. The molecule has 1 aromatic carbocycles. The van der Waals surface area contributed by atoms with E-state index < -0.39 is 0 Å². The Morgan fingerprint density at radius 3 is 2.52 bits per heavy atom. The molecule has 0 spiro atoms. The van der Waals surface area contributed by atoms with Crippen molar-refractivity contribution in [3.63, 3.8) is 0 Å². The van der Waals surface area contributed by atoms with Crippen molar-refractivity contribution in [3.8, 4) is 0 Å². The third kappa shape index (κ3) is 10.3. The number of methoxy groups -OCH3 is 1. The van der Waals surface area contributed by atoms with Crippen molar-refractivity contribution in [3.05, 3.63) is 35.9 Å². The SMILES string of the molecule is CCNC(=NCC(=O)N(CC)Cc1ccccc1)NCCCOC.I. The maximum absolute atomic E-state index is 12.4. The standard InChI is InChI=1S/C18H30N4O2.HI/c1-4-19-18(20-12-9-13-24-3)21-14-17(23)22(5-2)15-16-10-7-6-8-11-16;/h6-8,10-11H,4-5,9,12-15H2,1-3H3,(H2,19,20,21);1H. The summed E-state index contributed by atoms with van der Waals surface area (Å²) >= 11 is 0. The Morgan fingerprint density at radius 1 is 1.20 bits per heavy atom. The van der Waals surface area contributed by atoms with Crippen LogP contribution >= 0.6 is 24.0 Å². The maximum atomic E-state index is 12.4. The van der Waals surface area contributed by atoms with Gasteiger partial charge in [-0.2, -0.15) is 0 Å². The van der Waals surface area contributed by atoms with E-state index in [0.717, 1.165) is 25.1 Å². The number of carbonyl (C=O) groups is 1. The number of ether oxygens (including phenoxy) is 1. The molecule has 2 N–H and O–H groups in total. The minimum atomic E-state index is 0. The lowest BCUT2D eigenvalue weighted by atomic mass is 10.2. The van der Waals surface area contributed by atoms with Gasteiger partial charge in [0.2, 0.25) is 5.91 Å². The molecule has 1 rings (SSSR count). The van der Waals surface area contributed by atoms with Crippen molar-refractivity contribution in [2.24, 2.45) is 4.99 Å². The van der Waals surface area contributed by atoms with Crippen LogP contribution in [0.4, 0.5) is 0 Å². The fourth-order valence-electron chi connectivity index (χ4n) is 2.19. The van der Waals surface area contributed by atoms with Gasteiger partial charge in [-0.05, 0) is 25.8 Å². The summed E-state index contributed by atoms with van der Waals surface area (Å²) < 4.78 is 5.02. The molecule has 0 atom stereocenters. The molecule has 0 aromatic heterocycles. The minimum absolute atomic E-state index is 0. The maximum Gasteiger partial charge on any atom is 0.244 e. The fourth-order valence-corrected chi connectivity index (χ4v) is 2.19. The van der Waals surface area contributed by atoms with Gasteiger partial charge < -0.3 is 20.3 Å². The largest absolute Gasteiger partial charge is 0.385 e. The smallest absolute Gasteiger partial charge is 0.244 e. The lowest BCUT2D eigenvalue weighted by Crippen LogP contribution is -2.39. The average Bonchev–Trinajstić information content (AvgIpc) is 2.61. The minimum Gasteiger partial charge on any atom is -0.385 e. The van der Waals surface area contributed by atoms with Crippen molar-refractivity contribution in [1.29, 1.82) is 0 Å². The lowest BCUT2D eigenvalue weighted by Gasteiger charge is -2.20. The second-order valence-electron chi connectivity index (χ2n) is 5.36. The topological polar surface area (TPSA) is 66.0 Å². The highest BCUT2D eigenvalue weighted by Crippen LogP contribution is 2.04. The molecule has 0 radical (unpaired) electrons. The van der Waals surface area contributed by atoms with E-state index in [1.165, 1.54) is 0 Å². The molecule has 25 heavy (non-hydrogen) atoms. The molecule has 6 nitrogen and oxygen atoms in total. The van der Waals surface area contributed by atoms with Crippen molar-refractivity contribution < 1.29 is 9.53 Å². The molecule has 0 aliphatic rings. The number of rotatable bonds is 10. The summed E-state index contributed by atoms with van der Waals surface area (Å²) in [7, 11) is 1.68. The number of likely N-dealkylation sites (N-methyl/N-ethyl adjacent to an activating group) is 1. The van der Waals surface area contributed by atoms with E-state index in [0.29, 0.717) is 25.7 Å². The van der Waals surface area contributed by atoms with Crippen LogP contribution in [0.2, 0.25) is 0 Å². The first-order valence-corrected chi connectivity index (χ1v) is 8.54. The van der Waals surface area contributed by atoms with Gasteiger partial charge in [0.05, 0.1) is 0 Å². The van der Waals surface area contributed by atoms with Crippen LogP contribution in [-0.2, 0) is 16.1 Å². The first-order chi connectivity index (χ1) is 11.7. The highest BCUT2D eigenvalue weighted by atomic mass is 127. The van der Waals surface area contributed by atoms with Gasteiger partial charge in [-0.25, -0.2) is 4.99 Å². The van der Waals surface area contributed by atoms with Gasteiger partial charge in [-0.3, -0.25) is 4.79 Å². The zero-order chi connectivity index (χ0) is 17.6. The summed E-state index contributed by atoms with van der Waals surface area (Å²) in [4.78, 5) is 18.6. The van der Waals surface area contributed by atoms with Crippen LogP contribution in [0.25, 0.3) is 0 Å². The first kappa shape index (κ1) is 23.6. The Bertz CT molecular complexity index is 497. The van der Waals surface area contributed by atoms with E-state index in [4.69, 9.17) is 4.74 Å². The Balaban J connectivity index is 0.00000576. The molecule has 0 saturated heterocycles. The molecule has 142 valence electrons. The van der Waals surface area contributed by atoms with Crippen molar-refractivity contribution in [2.75, 3.05) is 39.9 Å². The number of nitrogens with one attached hydrogen (secondary N) is 2. The number of halogens is 1. The molecule has 0 heterocycles. The molecule has 0 aliphatic heterocycles. The van der Waals surface area contributed by atoms with Crippen molar-refractivity contribution in [1.82, 2.24) is 15.5 Å². The monoisotopic (exact) mass is 462 g/mol. The van der Waals surface area contributed by atoms with E-state index in [9.17, 15) is 4.79 Å². The summed E-state index contributed by atoms with van der Waals surface area (Å²) in [5, 5.41) is 6.35. The molecular formula is C18H31IN4O2. The molecule has 7 heteroatoms. The van der Waals surface area contributed by atoms with Crippen LogP contribution in [0.5, 0.6) is 0 Å². The number of hydrogen-bond donors (Lipinski definition) is 2. The van der Waals surface area contributed by atoms with E-state index in [-0.39, 0.29) is 36.4 Å². The van der Waals surface area contributed by atoms with Gasteiger partial charge in [-0.15, -0.1) is 24.0 Å². The van der Waals surface area contributed by atoms with Crippen molar-refractivity contribution >= 4 is 35.8 Å². The quantitative estimate of drug-likeness (QED) is 0.242. The van der Waals surface area contributed by atoms with Gasteiger partial charge in [0, 0.05) is 39.9 Å². The molecule has 0 unspecified atom stereocenters. The molecule has 1 aromatic rings. The average molecular weight is 462 g/mol. The van der Waals surface area contributed by atoms with E-state index >= 15 is 0 Å². The van der Waals surface area contributed by atoms with E-state index in [1.54, 1.807) is 7.11 Å². The fraction of sp³-hybridized carbons (Fsp3) is 0.556. The van der Waals surface area contributed by atoms with E-state index in [2.05, 4.69) is 15.6 Å². The Kier molecular flexibility index (Phi) is 14.1. The molecular weight excluding hydrogens is 431 g/mol. The third-order valence-electron chi connectivity index (χ3n) is 3.49. The number of carbonyl (C=O) groups excluding carboxylic acids is 1. The van der Waals surface area contributed by atoms with Crippen LogP contribution in [0.15, 0.2) is 35.3 Å². The van der Waals surface area contributed by atoms with Gasteiger partial charge in [0.25, 0.3) is 0 Å². The van der Waals surface area contributed by atoms with Crippen LogP contribution in [0.1, 0.15) is 25.8 Å². The third-order valence-corrected chi connectivity index (χ3v) is 3.49. The number of guanidine groups is 1. The van der Waals surface area contributed by atoms with Gasteiger partial charge in [0.15, 0.2) is 5.96 Å². The molecule has 0 bridgehead atoms. The number of hydrogen-bond acceptors (Lipinski definition) is 3. The zero-order valence-corrected chi connectivity index (χ0v) is 17.8. The molecule has 1 amide bonds. The second kappa shape index (κ2) is 14.9. The summed E-state index contributed by atoms with van der Waals surface area (Å²) in [5.41, 5.74) is 1.13. The Morgan fingerprint density at radius 2 is 1.92 bits per heavy atom. The molecule has 0 fully saturated rings. The predicted octanol–water partition coefficient (Wildman–Crippen LogP) is 2.24. The van der Waals surface area contributed by atoms with Gasteiger partial charge >= 0.3 is 0 Å². The molecule has 0 saturated carbocycles. The normalized spacial score (nSPS) is 10.8. The number of aliphatic imine (C=N–C) groups is 1. The van der Waals surface area contributed by atoms with E-state index in [1.807, 2.05) is 49.1 Å². The van der Waals surface area contributed by atoms with Crippen LogP contribution in [-0.4, -0.2) is 56.7 Å². The lowest BCUT2D eigenvalue weighted by molar-refractivity contribution is -0.130. The van der Waals surface area contributed by atoms with Gasteiger partial charge in [0.1, 0.15) is 6.54 Å². The van der Waals surface area contributed by atoms with Crippen LogP contribution < -0.4 is 10.6 Å². The van der Waals surface area contributed by atoms with Crippen LogP contribution in [0, 0.1) is 0 Å². The predicted molar refractivity (Wildman–Crippen MR) is 113 cm³/mol. The van der Waals surface area contributed by atoms with Gasteiger partial charge in [-0.1, -0.05) is 30.3 Å². The first-order valence-electron chi connectivity index (χ1n) is 8.54. The second-order valence-corrected chi connectivity index (χ2v) is 5.36. The van der Waals surface area contributed by atoms with Crippen LogP contribution in [0.3, 0.4) is 0 Å². The summed E-state index contributed by atoms with van der Waals surface area (Å²) in [6.45, 7) is 7.62. The molecule has 0 aliphatic carbocycles. The Labute approximate surface area is 168 Å². The number of nitrogens with zero attached hydrogens (tertiary/aromatic N) is 2. The van der Waals surface area contributed by atoms with Crippen molar-refractivity contribution in [2.45, 2.75) is 26.8 Å². The summed E-state index contributed by atoms with van der Waals surface area (Å²) in [6, 6.07) is 10.0. The number of amides is 1. The summed E-state index contributed by atoms with van der Waals surface area (Å²) in [6.07, 6.45) is 0.893. The Hall–Kier alpha value is -1.35. The highest BCUT2D eigenvalue weighted by Gasteiger charge is 2.11. The zero-order valence-electron chi connectivity index (χ0n) is 15.5.